The zero-order valence-corrected chi connectivity index (χ0v) is 11.8. The third-order valence-electron chi connectivity index (χ3n) is 3.03. The monoisotopic (exact) mass is 257 g/mol. The smallest absolute Gasteiger partial charge is 0.321 e. The lowest BCUT2D eigenvalue weighted by Gasteiger charge is -2.10. The Morgan fingerprint density at radius 2 is 1.79 bits per heavy atom. The Bertz CT molecular complexity index is 564. The molecule has 0 bridgehead atoms. The molecule has 100 valence electrons. The van der Waals surface area contributed by atoms with Gasteiger partial charge in [-0.25, -0.2) is 9.97 Å². The summed E-state index contributed by atoms with van der Waals surface area (Å²) in [5.74, 6) is 0.818. The van der Waals surface area contributed by atoms with Crippen LogP contribution in [0.2, 0.25) is 0 Å². The number of benzene rings is 1. The van der Waals surface area contributed by atoms with E-state index in [9.17, 15) is 0 Å². The van der Waals surface area contributed by atoms with Crippen molar-refractivity contribution >= 4 is 0 Å². The minimum Gasteiger partial charge on any atom is -0.424 e. The molecule has 4 heteroatoms. The van der Waals surface area contributed by atoms with Crippen LogP contribution in [-0.2, 0) is 6.54 Å². The molecule has 19 heavy (non-hydrogen) atoms. The van der Waals surface area contributed by atoms with E-state index < -0.39 is 0 Å². The maximum Gasteiger partial charge on any atom is 0.321 e. The number of rotatable bonds is 4. The third-order valence-corrected chi connectivity index (χ3v) is 3.03. The van der Waals surface area contributed by atoms with Crippen LogP contribution in [-0.4, -0.2) is 17.0 Å². The molecule has 4 nitrogen and oxygen atoms in total. The van der Waals surface area contributed by atoms with Crippen molar-refractivity contribution in [2.45, 2.75) is 27.3 Å². The van der Waals surface area contributed by atoms with Crippen LogP contribution in [0.1, 0.15) is 22.3 Å². The van der Waals surface area contributed by atoms with E-state index in [0.29, 0.717) is 6.01 Å². The maximum atomic E-state index is 5.76. The summed E-state index contributed by atoms with van der Waals surface area (Å²) < 4.78 is 5.76. The summed E-state index contributed by atoms with van der Waals surface area (Å²) in [4.78, 5) is 8.44. The standard InChI is InChI=1S/C15H19N3O/c1-10-5-11(2)12(3)14(6-10)19-15-17-8-13(7-16-4)9-18-15/h5-6,8-9,16H,7H2,1-4H3. The van der Waals surface area contributed by atoms with Crippen molar-refractivity contribution in [1.82, 2.24) is 15.3 Å². The predicted octanol–water partition coefficient (Wildman–Crippen LogP) is 2.91. The highest BCUT2D eigenvalue weighted by molar-refractivity contribution is 5.43. The molecule has 0 atom stereocenters. The Labute approximate surface area is 113 Å². The van der Waals surface area contributed by atoms with Gasteiger partial charge < -0.3 is 10.1 Å². The summed E-state index contributed by atoms with van der Waals surface area (Å²) >= 11 is 0. The minimum atomic E-state index is 0.382. The first kappa shape index (κ1) is 13.5. The number of hydrogen-bond acceptors (Lipinski definition) is 4. The first-order valence-electron chi connectivity index (χ1n) is 6.31. The average molecular weight is 257 g/mol. The summed E-state index contributed by atoms with van der Waals surface area (Å²) in [5, 5.41) is 3.06. The Hall–Kier alpha value is -1.94. The van der Waals surface area contributed by atoms with Gasteiger partial charge in [0.05, 0.1) is 0 Å². The molecule has 1 aromatic carbocycles. The topological polar surface area (TPSA) is 47.0 Å². The van der Waals surface area contributed by atoms with Gasteiger partial charge in [0.15, 0.2) is 0 Å². The lowest BCUT2D eigenvalue weighted by molar-refractivity contribution is 0.437. The molecule has 0 aliphatic rings. The molecule has 0 aliphatic heterocycles. The zero-order valence-electron chi connectivity index (χ0n) is 11.8. The van der Waals surface area contributed by atoms with Gasteiger partial charge in [0.2, 0.25) is 0 Å². The van der Waals surface area contributed by atoms with Gasteiger partial charge in [-0.05, 0) is 50.6 Å². The van der Waals surface area contributed by atoms with E-state index in [1.807, 2.05) is 20.0 Å². The van der Waals surface area contributed by atoms with Gasteiger partial charge >= 0.3 is 6.01 Å². The lowest BCUT2D eigenvalue weighted by atomic mass is 10.1. The highest BCUT2D eigenvalue weighted by Gasteiger charge is 2.07. The maximum absolute atomic E-state index is 5.76. The molecule has 0 spiro atoms. The van der Waals surface area contributed by atoms with E-state index in [1.165, 1.54) is 11.1 Å². The second kappa shape index (κ2) is 5.80. The van der Waals surface area contributed by atoms with E-state index >= 15 is 0 Å². The molecule has 0 saturated carbocycles. The van der Waals surface area contributed by atoms with Crippen molar-refractivity contribution < 1.29 is 4.74 Å². The molecule has 0 aliphatic carbocycles. The summed E-state index contributed by atoms with van der Waals surface area (Å²) in [5.41, 5.74) is 4.53. The van der Waals surface area contributed by atoms with Crippen molar-refractivity contribution in [3.05, 3.63) is 46.8 Å². The van der Waals surface area contributed by atoms with Gasteiger partial charge in [0, 0.05) is 24.5 Å². The van der Waals surface area contributed by atoms with Crippen molar-refractivity contribution in [2.75, 3.05) is 7.05 Å². The summed E-state index contributed by atoms with van der Waals surface area (Å²) in [7, 11) is 1.89. The first-order valence-corrected chi connectivity index (χ1v) is 6.31. The van der Waals surface area contributed by atoms with Gasteiger partial charge in [-0.15, -0.1) is 0 Å². The lowest BCUT2D eigenvalue weighted by Crippen LogP contribution is -2.06. The Balaban J connectivity index is 2.21. The molecular formula is C15H19N3O. The average Bonchev–Trinajstić information content (AvgIpc) is 2.38. The van der Waals surface area contributed by atoms with Crippen molar-refractivity contribution in [1.29, 1.82) is 0 Å². The number of hydrogen-bond donors (Lipinski definition) is 1. The summed E-state index contributed by atoms with van der Waals surface area (Å²) in [6, 6.07) is 4.53. The van der Waals surface area contributed by atoms with E-state index in [-0.39, 0.29) is 0 Å². The van der Waals surface area contributed by atoms with Crippen LogP contribution in [0.15, 0.2) is 24.5 Å². The number of aryl methyl sites for hydroxylation is 2. The van der Waals surface area contributed by atoms with Crippen molar-refractivity contribution in [2.24, 2.45) is 0 Å². The number of nitrogens with zero attached hydrogens (tertiary/aromatic N) is 2. The predicted molar refractivity (Wildman–Crippen MR) is 75.5 cm³/mol. The minimum absolute atomic E-state index is 0.382. The molecular weight excluding hydrogens is 238 g/mol. The molecule has 0 unspecified atom stereocenters. The van der Waals surface area contributed by atoms with Gasteiger partial charge in [0.25, 0.3) is 0 Å². The fourth-order valence-electron chi connectivity index (χ4n) is 1.90. The van der Waals surface area contributed by atoms with Crippen LogP contribution in [0.4, 0.5) is 0 Å². The first-order chi connectivity index (χ1) is 9.10. The van der Waals surface area contributed by atoms with E-state index in [1.54, 1.807) is 12.4 Å². The molecule has 0 radical (unpaired) electrons. The SMILES string of the molecule is CNCc1cnc(Oc2cc(C)cc(C)c2C)nc1. The zero-order chi connectivity index (χ0) is 13.8. The van der Waals surface area contributed by atoms with Crippen LogP contribution in [0, 0.1) is 20.8 Å². The van der Waals surface area contributed by atoms with Crippen LogP contribution in [0.3, 0.4) is 0 Å². The van der Waals surface area contributed by atoms with Gasteiger partial charge in [-0.1, -0.05) is 6.07 Å². The van der Waals surface area contributed by atoms with E-state index in [2.05, 4.69) is 35.2 Å². The van der Waals surface area contributed by atoms with Crippen molar-refractivity contribution in [3.63, 3.8) is 0 Å². The number of nitrogens with one attached hydrogen (secondary N) is 1. The van der Waals surface area contributed by atoms with Crippen LogP contribution in [0.25, 0.3) is 0 Å². The fourth-order valence-corrected chi connectivity index (χ4v) is 1.90. The Morgan fingerprint density at radius 3 is 2.42 bits per heavy atom. The van der Waals surface area contributed by atoms with E-state index in [0.717, 1.165) is 23.4 Å². The van der Waals surface area contributed by atoms with Gasteiger partial charge in [-0.3, -0.25) is 0 Å². The largest absolute Gasteiger partial charge is 0.424 e. The van der Waals surface area contributed by atoms with Gasteiger partial charge in [0.1, 0.15) is 5.75 Å². The molecule has 0 fully saturated rings. The fraction of sp³-hybridized carbons (Fsp3) is 0.333. The number of ether oxygens (including phenoxy) is 1. The summed E-state index contributed by atoms with van der Waals surface area (Å²) in [6.07, 6.45) is 3.55. The second-order valence-electron chi connectivity index (χ2n) is 4.71. The van der Waals surface area contributed by atoms with E-state index in [4.69, 9.17) is 4.74 Å². The number of aromatic nitrogens is 2. The Kier molecular flexibility index (Phi) is 4.12. The molecule has 1 aromatic heterocycles. The molecule has 1 N–H and O–H groups in total. The van der Waals surface area contributed by atoms with Crippen LogP contribution in [0.5, 0.6) is 11.8 Å². The van der Waals surface area contributed by atoms with Crippen LogP contribution < -0.4 is 10.1 Å². The summed E-state index contributed by atoms with van der Waals surface area (Å²) in [6.45, 7) is 6.92. The molecule has 0 amide bonds. The Morgan fingerprint density at radius 1 is 1.11 bits per heavy atom. The quantitative estimate of drug-likeness (QED) is 0.914. The molecule has 1 heterocycles. The second-order valence-corrected chi connectivity index (χ2v) is 4.71. The third kappa shape index (κ3) is 3.29. The molecule has 2 rings (SSSR count). The highest BCUT2D eigenvalue weighted by Crippen LogP contribution is 2.26. The van der Waals surface area contributed by atoms with Gasteiger partial charge in [-0.2, -0.15) is 0 Å². The molecule has 2 aromatic rings. The highest BCUT2D eigenvalue weighted by atomic mass is 16.5. The van der Waals surface area contributed by atoms with Crippen LogP contribution >= 0.6 is 0 Å². The van der Waals surface area contributed by atoms with Crippen molar-refractivity contribution in [3.8, 4) is 11.8 Å². The molecule has 0 saturated heterocycles. The normalized spacial score (nSPS) is 10.5.